The molecule has 1 aliphatic carbocycles. The van der Waals surface area contributed by atoms with E-state index in [9.17, 15) is 18.4 Å². The summed E-state index contributed by atoms with van der Waals surface area (Å²) in [7, 11) is 0. The maximum Gasteiger partial charge on any atom is 0.325 e. The standard InChI is InChI=1S/C14H14F2N2O2/c15-10-5-9(6-11(16)7-10)8-18-13(20)17-12(19)14(18)3-1-2-4-14/h5-7H,1-4,8H2,(H,17,19,20). The second-order valence-corrected chi connectivity index (χ2v) is 5.36. The van der Waals surface area contributed by atoms with Crippen LogP contribution < -0.4 is 5.32 Å². The van der Waals surface area contributed by atoms with Gasteiger partial charge in [0.05, 0.1) is 0 Å². The van der Waals surface area contributed by atoms with Gasteiger partial charge < -0.3 is 4.90 Å². The fraction of sp³-hybridized carbons (Fsp3) is 0.429. The second kappa shape index (κ2) is 4.54. The van der Waals surface area contributed by atoms with E-state index in [1.165, 1.54) is 17.0 Å². The number of imide groups is 1. The second-order valence-electron chi connectivity index (χ2n) is 5.36. The zero-order valence-corrected chi connectivity index (χ0v) is 10.8. The molecule has 0 unspecified atom stereocenters. The zero-order chi connectivity index (χ0) is 14.3. The lowest BCUT2D eigenvalue weighted by Gasteiger charge is -2.31. The van der Waals surface area contributed by atoms with Crippen LogP contribution in [0, 0.1) is 11.6 Å². The molecule has 1 aromatic carbocycles. The van der Waals surface area contributed by atoms with Gasteiger partial charge in [0.15, 0.2) is 0 Å². The topological polar surface area (TPSA) is 49.4 Å². The fourth-order valence-electron chi connectivity index (χ4n) is 3.16. The monoisotopic (exact) mass is 280 g/mol. The molecule has 4 nitrogen and oxygen atoms in total. The van der Waals surface area contributed by atoms with Crippen LogP contribution in [0.2, 0.25) is 0 Å². The number of urea groups is 1. The van der Waals surface area contributed by atoms with E-state index in [2.05, 4.69) is 5.32 Å². The predicted molar refractivity (Wildman–Crippen MR) is 66.6 cm³/mol. The summed E-state index contributed by atoms with van der Waals surface area (Å²) in [6.07, 6.45) is 2.94. The lowest BCUT2D eigenvalue weighted by Crippen LogP contribution is -2.46. The molecule has 1 aromatic rings. The molecule has 3 rings (SSSR count). The molecule has 1 saturated heterocycles. The van der Waals surface area contributed by atoms with Gasteiger partial charge in [-0.05, 0) is 30.5 Å². The molecular formula is C14H14F2N2O2. The van der Waals surface area contributed by atoms with Gasteiger partial charge in [0, 0.05) is 12.6 Å². The van der Waals surface area contributed by atoms with Gasteiger partial charge in [0.2, 0.25) is 0 Å². The molecule has 0 aromatic heterocycles. The fourth-order valence-corrected chi connectivity index (χ4v) is 3.16. The van der Waals surface area contributed by atoms with Crippen molar-refractivity contribution in [1.29, 1.82) is 0 Å². The summed E-state index contributed by atoms with van der Waals surface area (Å²) in [6.45, 7) is 0.0340. The summed E-state index contributed by atoms with van der Waals surface area (Å²) in [5.74, 6) is -1.67. The van der Waals surface area contributed by atoms with Gasteiger partial charge >= 0.3 is 6.03 Å². The first-order chi connectivity index (χ1) is 9.51. The van der Waals surface area contributed by atoms with Crippen LogP contribution >= 0.6 is 0 Å². The Morgan fingerprint density at radius 1 is 1.10 bits per heavy atom. The average Bonchev–Trinajstić information content (AvgIpc) is 2.91. The molecule has 20 heavy (non-hydrogen) atoms. The van der Waals surface area contributed by atoms with Crippen molar-refractivity contribution < 1.29 is 18.4 Å². The average molecular weight is 280 g/mol. The third-order valence-corrected chi connectivity index (χ3v) is 4.10. The lowest BCUT2D eigenvalue weighted by atomic mass is 9.95. The quantitative estimate of drug-likeness (QED) is 0.845. The Labute approximate surface area is 114 Å². The highest BCUT2D eigenvalue weighted by Gasteiger charge is 2.53. The third kappa shape index (κ3) is 1.95. The number of nitrogens with zero attached hydrogens (tertiary/aromatic N) is 1. The number of carbonyl (C=O) groups is 2. The molecule has 0 radical (unpaired) electrons. The summed E-state index contributed by atoms with van der Waals surface area (Å²) < 4.78 is 26.4. The highest BCUT2D eigenvalue weighted by Crippen LogP contribution is 2.39. The molecule has 2 aliphatic rings. The van der Waals surface area contributed by atoms with Gasteiger partial charge in [-0.15, -0.1) is 0 Å². The van der Waals surface area contributed by atoms with Gasteiger partial charge in [-0.3, -0.25) is 10.1 Å². The van der Waals surface area contributed by atoms with E-state index in [1.54, 1.807) is 0 Å². The Hall–Kier alpha value is -1.98. The number of halogens is 2. The minimum Gasteiger partial charge on any atom is -0.305 e. The molecule has 0 atom stereocenters. The number of rotatable bonds is 2. The van der Waals surface area contributed by atoms with E-state index in [4.69, 9.17) is 0 Å². The summed E-state index contributed by atoms with van der Waals surface area (Å²) in [4.78, 5) is 25.4. The third-order valence-electron chi connectivity index (χ3n) is 4.10. The maximum atomic E-state index is 13.2. The summed E-state index contributed by atoms with van der Waals surface area (Å²) in [5, 5.41) is 2.31. The molecule has 3 amide bonds. The van der Waals surface area contributed by atoms with Crippen LogP contribution in [-0.4, -0.2) is 22.4 Å². The van der Waals surface area contributed by atoms with E-state index in [0.717, 1.165) is 18.9 Å². The molecule has 1 spiro atoms. The number of hydrogen-bond acceptors (Lipinski definition) is 2. The van der Waals surface area contributed by atoms with Crippen LogP contribution in [0.25, 0.3) is 0 Å². The summed E-state index contributed by atoms with van der Waals surface area (Å²) >= 11 is 0. The molecule has 106 valence electrons. The normalized spacial score (nSPS) is 20.8. The maximum absolute atomic E-state index is 13.2. The zero-order valence-electron chi connectivity index (χ0n) is 10.8. The summed E-state index contributed by atoms with van der Waals surface area (Å²) in [5.41, 5.74) is -0.488. The largest absolute Gasteiger partial charge is 0.325 e. The van der Waals surface area contributed by atoms with Crippen LogP contribution in [0.5, 0.6) is 0 Å². The minimum absolute atomic E-state index is 0.0340. The van der Waals surface area contributed by atoms with Gasteiger partial charge in [0.25, 0.3) is 5.91 Å². The van der Waals surface area contributed by atoms with Crippen LogP contribution in [0.4, 0.5) is 13.6 Å². The first-order valence-corrected chi connectivity index (χ1v) is 6.59. The number of hydrogen-bond donors (Lipinski definition) is 1. The van der Waals surface area contributed by atoms with E-state index >= 15 is 0 Å². The van der Waals surface area contributed by atoms with Gasteiger partial charge in [0.1, 0.15) is 17.2 Å². The molecule has 1 heterocycles. The molecule has 1 aliphatic heterocycles. The van der Waals surface area contributed by atoms with E-state index < -0.39 is 23.2 Å². The number of carbonyl (C=O) groups excluding carboxylic acids is 2. The number of amides is 3. The molecular weight excluding hydrogens is 266 g/mol. The Kier molecular flexibility index (Phi) is 2.96. The van der Waals surface area contributed by atoms with Crippen LogP contribution in [0.3, 0.4) is 0 Å². The van der Waals surface area contributed by atoms with Crippen LogP contribution in [0.15, 0.2) is 18.2 Å². The van der Waals surface area contributed by atoms with E-state index in [-0.39, 0.29) is 12.5 Å². The lowest BCUT2D eigenvalue weighted by molar-refractivity contribution is -0.126. The van der Waals surface area contributed by atoms with Crippen molar-refractivity contribution in [1.82, 2.24) is 10.2 Å². The Morgan fingerprint density at radius 2 is 1.70 bits per heavy atom. The van der Waals surface area contributed by atoms with Crippen molar-refractivity contribution in [3.05, 3.63) is 35.4 Å². The van der Waals surface area contributed by atoms with Crippen molar-refractivity contribution in [3.8, 4) is 0 Å². The predicted octanol–water partition coefficient (Wildman–Crippen LogP) is 2.33. The van der Waals surface area contributed by atoms with E-state index in [1.807, 2.05) is 0 Å². The van der Waals surface area contributed by atoms with Crippen molar-refractivity contribution in [2.24, 2.45) is 0 Å². The van der Waals surface area contributed by atoms with Crippen LogP contribution in [0.1, 0.15) is 31.2 Å². The number of benzene rings is 1. The first kappa shape index (κ1) is 13.0. The van der Waals surface area contributed by atoms with Gasteiger partial charge in [-0.25, -0.2) is 13.6 Å². The van der Waals surface area contributed by atoms with Crippen molar-refractivity contribution >= 4 is 11.9 Å². The molecule has 6 heteroatoms. The molecule has 2 fully saturated rings. The molecule has 1 saturated carbocycles. The highest BCUT2D eigenvalue weighted by molar-refractivity contribution is 6.07. The molecule has 1 N–H and O–H groups in total. The molecule has 0 bridgehead atoms. The highest BCUT2D eigenvalue weighted by atomic mass is 19.1. The number of nitrogens with one attached hydrogen (secondary N) is 1. The summed E-state index contributed by atoms with van der Waals surface area (Å²) in [6, 6.07) is 2.66. The Bertz CT molecular complexity index is 562. The minimum atomic E-state index is -0.833. The van der Waals surface area contributed by atoms with Gasteiger partial charge in [-0.1, -0.05) is 12.8 Å². The van der Waals surface area contributed by atoms with Gasteiger partial charge in [-0.2, -0.15) is 0 Å². The smallest absolute Gasteiger partial charge is 0.305 e. The van der Waals surface area contributed by atoms with Crippen LogP contribution in [-0.2, 0) is 11.3 Å². The van der Waals surface area contributed by atoms with E-state index in [0.29, 0.717) is 18.4 Å². The first-order valence-electron chi connectivity index (χ1n) is 6.59. The van der Waals surface area contributed by atoms with Crippen molar-refractivity contribution in [2.45, 2.75) is 37.8 Å². The Morgan fingerprint density at radius 3 is 2.30 bits per heavy atom. The SMILES string of the molecule is O=C1NC(=O)C2(CCCC2)N1Cc1cc(F)cc(F)c1. The van der Waals surface area contributed by atoms with Crippen molar-refractivity contribution in [3.63, 3.8) is 0 Å². The Balaban J connectivity index is 1.91. The van der Waals surface area contributed by atoms with Crippen molar-refractivity contribution in [2.75, 3.05) is 0 Å².